The molecule has 1 atom stereocenters. The SMILES string of the molecule is O=C(CC1CNCCO1)Nc1ccc(O)c(C(=O)O)c1. The Hall–Kier alpha value is -2.12. The summed E-state index contributed by atoms with van der Waals surface area (Å²) in [5.74, 6) is -1.85. The summed E-state index contributed by atoms with van der Waals surface area (Å²) in [5, 5.41) is 24.0. The number of hydrogen-bond donors (Lipinski definition) is 4. The molecule has 1 aliphatic heterocycles. The maximum absolute atomic E-state index is 11.8. The topological polar surface area (TPSA) is 108 Å². The predicted octanol–water partition coefficient (Wildman–Crippen LogP) is 0.407. The van der Waals surface area contributed by atoms with Gasteiger partial charge in [0.25, 0.3) is 0 Å². The van der Waals surface area contributed by atoms with Gasteiger partial charge in [0.2, 0.25) is 5.91 Å². The van der Waals surface area contributed by atoms with Gasteiger partial charge in [-0.2, -0.15) is 0 Å². The van der Waals surface area contributed by atoms with E-state index in [-0.39, 0.29) is 29.7 Å². The Balaban J connectivity index is 1.96. The molecule has 1 amide bonds. The lowest BCUT2D eigenvalue weighted by Gasteiger charge is -2.23. The van der Waals surface area contributed by atoms with Crippen LogP contribution in [0.2, 0.25) is 0 Å². The van der Waals surface area contributed by atoms with Crippen molar-refractivity contribution in [2.24, 2.45) is 0 Å². The van der Waals surface area contributed by atoms with Gasteiger partial charge in [0.15, 0.2) is 0 Å². The fraction of sp³-hybridized carbons (Fsp3) is 0.385. The molecule has 1 heterocycles. The number of carbonyl (C=O) groups excluding carboxylic acids is 1. The standard InChI is InChI=1S/C13H16N2O5/c16-11-2-1-8(5-10(11)13(18)19)15-12(17)6-9-7-14-3-4-20-9/h1-2,5,9,14,16H,3-4,6-7H2,(H,15,17)(H,18,19). The molecule has 1 saturated heterocycles. The van der Waals surface area contributed by atoms with Gasteiger partial charge in [-0.15, -0.1) is 0 Å². The van der Waals surface area contributed by atoms with E-state index >= 15 is 0 Å². The van der Waals surface area contributed by atoms with Crippen LogP contribution in [0.25, 0.3) is 0 Å². The van der Waals surface area contributed by atoms with Crippen LogP contribution in [0, 0.1) is 0 Å². The maximum atomic E-state index is 11.8. The van der Waals surface area contributed by atoms with Crippen molar-refractivity contribution in [2.45, 2.75) is 12.5 Å². The Morgan fingerprint density at radius 2 is 2.25 bits per heavy atom. The number of carboxylic acid groups (broad SMARTS) is 1. The van der Waals surface area contributed by atoms with Crippen LogP contribution >= 0.6 is 0 Å². The molecule has 0 spiro atoms. The number of carboxylic acids is 1. The summed E-state index contributed by atoms with van der Waals surface area (Å²) < 4.78 is 5.41. The number of aromatic carboxylic acids is 1. The first kappa shape index (κ1) is 14.3. The molecule has 108 valence electrons. The first-order valence-electron chi connectivity index (χ1n) is 6.25. The summed E-state index contributed by atoms with van der Waals surface area (Å²) in [6.45, 7) is 1.96. The minimum absolute atomic E-state index is 0.181. The van der Waals surface area contributed by atoms with Crippen LogP contribution < -0.4 is 10.6 Å². The van der Waals surface area contributed by atoms with E-state index in [1.807, 2.05) is 0 Å². The molecule has 1 aromatic rings. The van der Waals surface area contributed by atoms with E-state index in [9.17, 15) is 14.7 Å². The number of nitrogens with one attached hydrogen (secondary N) is 2. The van der Waals surface area contributed by atoms with Crippen molar-refractivity contribution in [3.05, 3.63) is 23.8 Å². The Bertz CT molecular complexity index is 511. The van der Waals surface area contributed by atoms with Crippen molar-refractivity contribution < 1.29 is 24.5 Å². The van der Waals surface area contributed by atoms with Gasteiger partial charge in [0.1, 0.15) is 11.3 Å². The summed E-state index contributed by atoms with van der Waals surface area (Å²) in [4.78, 5) is 22.7. The van der Waals surface area contributed by atoms with Gasteiger partial charge in [0, 0.05) is 18.8 Å². The number of carbonyl (C=O) groups is 2. The van der Waals surface area contributed by atoms with Crippen molar-refractivity contribution in [3.63, 3.8) is 0 Å². The third kappa shape index (κ3) is 3.69. The largest absolute Gasteiger partial charge is 0.507 e. The number of phenols is 1. The molecule has 1 aromatic carbocycles. The van der Waals surface area contributed by atoms with Gasteiger partial charge in [-0.3, -0.25) is 4.79 Å². The highest BCUT2D eigenvalue weighted by atomic mass is 16.5. The average Bonchev–Trinajstić information content (AvgIpc) is 2.41. The molecule has 0 bridgehead atoms. The Labute approximate surface area is 115 Å². The summed E-state index contributed by atoms with van der Waals surface area (Å²) in [6, 6.07) is 3.90. The van der Waals surface area contributed by atoms with E-state index in [0.717, 1.165) is 6.54 Å². The third-order valence-electron chi connectivity index (χ3n) is 2.93. The Morgan fingerprint density at radius 1 is 1.45 bits per heavy atom. The number of benzene rings is 1. The van der Waals surface area contributed by atoms with Crippen LogP contribution in [0.4, 0.5) is 5.69 Å². The molecule has 7 nitrogen and oxygen atoms in total. The monoisotopic (exact) mass is 280 g/mol. The summed E-state index contributed by atoms with van der Waals surface area (Å²) in [5.41, 5.74) is 0.0763. The molecule has 1 unspecified atom stereocenters. The predicted molar refractivity (Wildman–Crippen MR) is 70.9 cm³/mol. The number of ether oxygens (including phenoxy) is 1. The minimum Gasteiger partial charge on any atom is -0.507 e. The number of amides is 1. The zero-order valence-corrected chi connectivity index (χ0v) is 10.8. The molecular weight excluding hydrogens is 264 g/mol. The van der Waals surface area contributed by atoms with Gasteiger partial charge in [-0.25, -0.2) is 4.79 Å². The van der Waals surface area contributed by atoms with Gasteiger partial charge in [-0.1, -0.05) is 0 Å². The van der Waals surface area contributed by atoms with Crippen LogP contribution in [0.1, 0.15) is 16.8 Å². The molecule has 20 heavy (non-hydrogen) atoms. The lowest BCUT2D eigenvalue weighted by Crippen LogP contribution is -2.40. The highest BCUT2D eigenvalue weighted by Gasteiger charge is 2.18. The van der Waals surface area contributed by atoms with Gasteiger partial charge in [-0.05, 0) is 18.2 Å². The van der Waals surface area contributed by atoms with E-state index in [4.69, 9.17) is 9.84 Å². The van der Waals surface area contributed by atoms with Crippen molar-refractivity contribution in [2.75, 3.05) is 25.0 Å². The smallest absolute Gasteiger partial charge is 0.339 e. The van der Waals surface area contributed by atoms with Crippen molar-refractivity contribution in [1.29, 1.82) is 0 Å². The summed E-state index contributed by atoms with van der Waals surface area (Å²) in [7, 11) is 0. The molecule has 4 N–H and O–H groups in total. The normalized spacial score (nSPS) is 18.5. The summed E-state index contributed by atoms with van der Waals surface area (Å²) >= 11 is 0. The molecule has 7 heteroatoms. The Morgan fingerprint density at radius 3 is 2.90 bits per heavy atom. The number of aromatic hydroxyl groups is 1. The van der Waals surface area contributed by atoms with Crippen molar-refractivity contribution in [1.82, 2.24) is 5.32 Å². The molecule has 0 saturated carbocycles. The van der Waals surface area contributed by atoms with E-state index < -0.39 is 5.97 Å². The lowest BCUT2D eigenvalue weighted by atomic mass is 10.1. The highest BCUT2D eigenvalue weighted by Crippen LogP contribution is 2.21. The number of hydrogen-bond acceptors (Lipinski definition) is 5. The average molecular weight is 280 g/mol. The molecule has 1 aliphatic rings. The van der Waals surface area contributed by atoms with Crippen LogP contribution in [-0.4, -0.2) is 47.9 Å². The number of rotatable bonds is 4. The molecule has 0 radical (unpaired) electrons. The molecule has 2 rings (SSSR count). The third-order valence-corrected chi connectivity index (χ3v) is 2.93. The van der Waals surface area contributed by atoms with Crippen LogP contribution in [0.15, 0.2) is 18.2 Å². The second-order valence-electron chi connectivity index (χ2n) is 4.49. The van der Waals surface area contributed by atoms with Gasteiger partial charge >= 0.3 is 5.97 Å². The van der Waals surface area contributed by atoms with E-state index in [1.54, 1.807) is 0 Å². The van der Waals surface area contributed by atoms with E-state index in [0.29, 0.717) is 18.8 Å². The lowest BCUT2D eigenvalue weighted by molar-refractivity contribution is -0.119. The first-order valence-corrected chi connectivity index (χ1v) is 6.25. The molecule has 0 aliphatic carbocycles. The number of morpholine rings is 1. The zero-order chi connectivity index (χ0) is 14.5. The second kappa shape index (κ2) is 6.36. The van der Waals surface area contributed by atoms with Gasteiger partial charge < -0.3 is 25.6 Å². The molecule has 0 aromatic heterocycles. The zero-order valence-electron chi connectivity index (χ0n) is 10.8. The highest BCUT2D eigenvalue weighted by molar-refractivity contribution is 5.95. The quantitative estimate of drug-likeness (QED) is 0.595. The van der Waals surface area contributed by atoms with Crippen LogP contribution in [0.3, 0.4) is 0 Å². The Kier molecular flexibility index (Phi) is 4.54. The molecular formula is C13H16N2O5. The fourth-order valence-corrected chi connectivity index (χ4v) is 1.95. The first-order chi connectivity index (χ1) is 9.56. The maximum Gasteiger partial charge on any atom is 0.339 e. The number of anilines is 1. The van der Waals surface area contributed by atoms with E-state index in [1.165, 1.54) is 18.2 Å². The second-order valence-corrected chi connectivity index (χ2v) is 4.49. The molecule has 1 fully saturated rings. The minimum atomic E-state index is -1.25. The van der Waals surface area contributed by atoms with Crippen molar-refractivity contribution >= 4 is 17.6 Å². The summed E-state index contributed by atoms with van der Waals surface area (Å²) in [6.07, 6.45) is 0.0100. The van der Waals surface area contributed by atoms with Crippen LogP contribution in [0.5, 0.6) is 5.75 Å². The van der Waals surface area contributed by atoms with Gasteiger partial charge in [0.05, 0.1) is 19.1 Å². The van der Waals surface area contributed by atoms with Crippen molar-refractivity contribution in [3.8, 4) is 5.75 Å². The van der Waals surface area contributed by atoms with Crippen LogP contribution in [-0.2, 0) is 9.53 Å². The van der Waals surface area contributed by atoms with E-state index in [2.05, 4.69) is 10.6 Å². The fourth-order valence-electron chi connectivity index (χ4n) is 1.95.